The molecule has 0 atom stereocenters. The molecule has 0 saturated carbocycles. The molecule has 0 saturated heterocycles. The molecule has 0 aliphatic rings. The number of aromatic nitrogens is 2. The molecule has 0 N–H and O–H groups in total. The molecule has 0 aliphatic carbocycles. The van der Waals surface area contributed by atoms with Crippen LogP contribution < -0.4 is 3.97 Å². The van der Waals surface area contributed by atoms with Gasteiger partial charge in [0.05, 0.1) is 6.61 Å². The minimum absolute atomic E-state index is 0.262. The Morgan fingerprint density at radius 2 is 1.36 bits per heavy atom. The van der Waals surface area contributed by atoms with Crippen molar-refractivity contribution in [2.75, 3.05) is 6.61 Å². The Kier molecular flexibility index (Phi) is 11.5. The van der Waals surface area contributed by atoms with Gasteiger partial charge in [-0.3, -0.25) is 4.98 Å². The van der Waals surface area contributed by atoms with Crippen LogP contribution in [0.5, 0.6) is 0 Å². The highest BCUT2D eigenvalue weighted by Gasteiger charge is 2.21. The summed E-state index contributed by atoms with van der Waals surface area (Å²) < 4.78 is 29.6. The van der Waals surface area contributed by atoms with E-state index in [9.17, 15) is 8.42 Å². The molecular weight excluding hydrogens is 336 g/mol. The fraction of sp³-hybridized carbons (Fsp3) is 0.474. The lowest BCUT2D eigenvalue weighted by atomic mass is 10.1. The molecule has 0 fully saturated rings. The predicted octanol–water partition coefficient (Wildman–Crippen LogP) is 3.92. The third kappa shape index (κ3) is 10.6. The maximum Gasteiger partial charge on any atom is 0.513 e. The molecule has 0 unspecified atom stereocenters. The molecule has 2 aromatic heterocycles. The van der Waals surface area contributed by atoms with Crippen LogP contribution in [0.2, 0.25) is 0 Å². The molecule has 25 heavy (non-hydrogen) atoms. The third-order valence-electron chi connectivity index (χ3n) is 3.49. The van der Waals surface area contributed by atoms with Gasteiger partial charge < -0.3 is 0 Å². The third-order valence-corrected chi connectivity index (χ3v) is 4.72. The first-order valence-corrected chi connectivity index (χ1v) is 10.2. The topological polar surface area (TPSA) is 60.1 Å². The molecular formula is C19H29N2O3S+. The van der Waals surface area contributed by atoms with Crippen LogP contribution in [0, 0.1) is 0 Å². The van der Waals surface area contributed by atoms with Gasteiger partial charge in [0.2, 0.25) is 0 Å². The van der Waals surface area contributed by atoms with Crippen molar-refractivity contribution in [1.82, 2.24) is 4.98 Å². The Morgan fingerprint density at radius 1 is 0.800 bits per heavy atom. The van der Waals surface area contributed by atoms with E-state index >= 15 is 0 Å². The normalized spacial score (nSPS) is 10.8. The second-order valence-corrected chi connectivity index (χ2v) is 7.14. The van der Waals surface area contributed by atoms with Crippen LogP contribution in [0.15, 0.2) is 61.2 Å². The van der Waals surface area contributed by atoms with Crippen molar-refractivity contribution in [3.8, 4) is 0 Å². The molecule has 0 spiro atoms. The fourth-order valence-corrected chi connectivity index (χ4v) is 3.02. The van der Waals surface area contributed by atoms with Gasteiger partial charge in [0.25, 0.3) is 0 Å². The largest absolute Gasteiger partial charge is 0.513 e. The van der Waals surface area contributed by atoms with Crippen molar-refractivity contribution in [2.45, 2.75) is 51.9 Å². The van der Waals surface area contributed by atoms with Crippen molar-refractivity contribution in [1.29, 1.82) is 0 Å². The molecule has 0 aromatic carbocycles. The maximum atomic E-state index is 11.7. The quantitative estimate of drug-likeness (QED) is 0.473. The highest BCUT2D eigenvalue weighted by atomic mass is 32.2. The van der Waals surface area contributed by atoms with Gasteiger partial charge in [-0.15, -0.1) is 8.42 Å². The van der Waals surface area contributed by atoms with Gasteiger partial charge in [-0.05, 0) is 18.6 Å². The van der Waals surface area contributed by atoms with Crippen LogP contribution in [0.4, 0.5) is 0 Å². The lowest BCUT2D eigenvalue weighted by Crippen LogP contribution is -2.43. The second kappa shape index (κ2) is 13.5. The summed E-state index contributed by atoms with van der Waals surface area (Å²) in [6, 6.07) is 10.8. The molecule has 138 valence electrons. The first-order chi connectivity index (χ1) is 12.2. The summed E-state index contributed by atoms with van der Waals surface area (Å²) in [4.78, 5) is 3.78. The maximum absolute atomic E-state index is 11.7. The van der Waals surface area contributed by atoms with E-state index in [-0.39, 0.29) is 6.61 Å². The lowest BCUT2D eigenvalue weighted by molar-refractivity contribution is -0.520. The van der Waals surface area contributed by atoms with Gasteiger partial charge in [0.15, 0.2) is 12.4 Å². The Balaban J connectivity index is 0.000000435. The highest BCUT2D eigenvalue weighted by Crippen LogP contribution is 2.07. The van der Waals surface area contributed by atoms with Crippen molar-refractivity contribution < 1.29 is 16.6 Å². The predicted molar refractivity (Wildman–Crippen MR) is 99.1 cm³/mol. The van der Waals surface area contributed by atoms with Crippen LogP contribution >= 0.6 is 0 Å². The molecule has 0 bridgehead atoms. The SMILES string of the molecule is CCCCCCCCCOS(=O)(=O)[n+]1ccccc1.c1ccncc1. The second-order valence-electron chi connectivity index (χ2n) is 5.63. The van der Waals surface area contributed by atoms with E-state index in [2.05, 4.69) is 11.9 Å². The summed E-state index contributed by atoms with van der Waals surface area (Å²) in [6.07, 6.45) is 14.5. The number of rotatable bonds is 10. The zero-order chi connectivity index (χ0) is 18.2. The minimum Gasteiger partial charge on any atom is -0.265 e. The summed E-state index contributed by atoms with van der Waals surface area (Å²) in [7, 11) is -3.64. The molecule has 6 heteroatoms. The van der Waals surface area contributed by atoms with E-state index in [1.807, 2.05) is 18.2 Å². The van der Waals surface area contributed by atoms with Crippen molar-refractivity contribution in [2.24, 2.45) is 0 Å². The van der Waals surface area contributed by atoms with E-state index in [0.29, 0.717) is 0 Å². The zero-order valence-electron chi connectivity index (χ0n) is 15.0. The van der Waals surface area contributed by atoms with Crippen molar-refractivity contribution in [3.05, 3.63) is 61.2 Å². The Morgan fingerprint density at radius 3 is 1.88 bits per heavy atom. The summed E-state index contributed by atoms with van der Waals surface area (Å²) >= 11 is 0. The smallest absolute Gasteiger partial charge is 0.265 e. The number of hydrogen-bond acceptors (Lipinski definition) is 4. The summed E-state index contributed by atoms with van der Waals surface area (Å²) in [6.45, 7) is 2.46. The highest BCUT2D eigenvalue weighted by molar-refractivity contribution is 7.80. The van der Waals surface area contributed by atoms with Crippen LogP contribution in [0.25, 0.3) is 0 Å². The van der Waals surface area contributed by atoms with Gasteiger partial charge >= 0.3 is 10.3 Å². The number of nitrogens with zero attached hydrogens (tertiary/aromatic N) is 2. The number of hydrogen-bond donors (Lipinski definition) is 0. The number of pyridine rings is 2. The average Bonchev–Trinajstić information content (AvgIpc) is 2.66. The van der Waals surface area contributed by atoms with E-state index in [1.54, 1.807) is 30.6 Å². The standard InChI is InChI=1S/C14H24NO3S.C5H5N/c1-2-3-4-5-6-7-11-14-18-19(16,17)15-12-9-8-10-13-15;1-2-4-6-5-3-1/h8-10,12-13H,2-7,11,14H2,1H3;1-5H/q+1;. The summed E-state index contributed by atoms with van der Waals surface area (Å²) in [5, 5.41) is 0. The van der Waals surface area contributed by atoms with Crippen molar-refractivity contribution >= 4 is 10.3 Å². The van der Waals surface area contributed by atoms with Gasteiger partial charge in [-0.25, -0.2) is 4.18 Å². The minimum atomic E-state index is -3.64. The van der Waals surface area contributed by atoms with E-state index in [1.165, 1.54) is 38.1 Å². The molecule has 0 amide bonds. The molecule has 2 rings (SSSR count). The molecule has 2 heterocycles. The Labute approximate surface area is 152 Å². The van der Waals surface area contributed by atoms with Crippen LogP contribution in [0.1, 0.15) is 51.9 Å². The molecule has 0 radical (unpaired) electrons. The first kappa shape index (κ1) is 21.3. The van der Waals surface area contributed by atoms with Gasteiger partial charge in [0.1, 0.15) is 0 Å². The molecule has 0 aliphatic heterocycles. The van der Waals surface area contributed by atoms with Crippen molar-refractivity contribution in [3.63, 3.8) is 0 Å². The fourth-order valence-electron chi connectivity index (χ4n) is 2.13. The van der Waals surface area contributed by atoms with Gasteiger partial charge in [-0.1, -0.05) is 61.6 Å². The number of unbranched alkanes of at least 4 members (excludes halogenated alkanes) is 6. The van der Waals surface area contributed by atoms with E-state index in [0.717, 1.165) is 23.2 Å². The zero-order valence-corrected chi connectivity index (χ0v) is 15.8. The average molecular weight is 366 g/mol. The van der Waals surface area contributed by atoms with Gasteiger partial charge in [0, 0.05) is 24.5 Å². The Hall–Kier alpha value is -1.79. The van der Waals surface area contributed by atoms with Crippen LogP contribution in [0.3, 0.4) is 0 Å². The first-order valence-electron chi connectivity index (χ1n) is 8.88. The Bertz CT molecular complexity index is 608. The van der Waals surface area contributed by atoms with Gasteiger partial charge in [-0.2, -0.15) is 0 Å². The summed E-state index contributed by atoms with van der Waals surface area (Å²) in [5.74, 6) is 0. The van der Waals surface area contributed by atoms with Crippen LogP contribution in [-0.4, -0.2) is 20.0 Å². The lowest BCUT2D eigenvalue weighted by Gasteiger charge is -2.01. The van der Waals surface area contributed by atoms with E-state index < -0.39 is 10.3 Å². The van der Waals surface area contributed by atoms with E-state index in [4.69, 9.17) is 4.18 Å². The monoisotopic (exact) mass is 365 g/mol. The molecule has 2 aromatic rings. The molecule has 5 nitrogen and oxygen atoms in total. The van der Waals surface area contributed by atoms with Crippen LogP contribution in [-0.2, 0) is 14.5 Å². The summed E-state index contributed by atoms with van der Waals surface area (Å²) in [5.41, 5.74) is 0.